The number of hydrogen-bond donors (Lipinski definition) is 0. The second kappa shape index (κ2) is 3.55. The van der Waals surface area contributed by atoms with E-state index >= 15 is 0 Å². The van der Waals surface area contributed by atoms with Crippen molar-refractivity contribution in [1.82, 2.24) is 14.6 Å². The standard InChI is InChI=1S/C12H9N3O2/c1-8-2-4-10(17-8)12-14-13-11-5-3-9(7-16)6-15(11)12/h2-7H,1H3. The molecule has 3 aromatic heterocycles. The van der Waals surface area contributed by atoms with Crippen molar-refractivity contribution in [2.45, 2.75) is 6.92 Å². The third-order valence-corrected chi connectivity index (χ3v) is 2.52. The van der Waals surface area contributed by atoms with E-state index in [2.05, 4.69) is 10.2 Å². The fraction of sp³-hybridized carbons (Fsp3) is 0.0833. The zero-order chi connectivity index (χ0) is 11.8. The van der Waals surface area contributed by atoms with E-state index in [1.807, 2.05) is 19.1 Å². The highest BCUT2D eigenvalue weighted by atomic mass is 16.3. The summed E-state index contributed by atoms with van der Waals surface area (Å²) in [7, 11) is 0. The molecule has 0 aromatic carbocycles. The predicted molar refractivity (Wildman–Crippen MR) is 60.8 cm³/mol. The van der Waals surface area contributed by atoms with Crippen LogP contribution in [0.1, 0.15) is 16.1 Å². The molecule has 3 heterocycles. The lowest BCUT2D eigenvalue weighted by molar-refractivity contribution is 0.112. The minimum Gasteiger partial charge on any atom is -0.458 e. The molecule has 0 unspecified atom stereocenters. The Morgan fingerprint density at radius 3 is 2.82 bits per heavy atom. The monoisotopic (exact) mass is 227 g/mol. The van der Waals surface area contributed by atoms with E-state index in [9.17, 15) is 4.79 Å². The summed E-state index contributed by atoms with van der Waals surface area (Å²) in [5.41, 5.74) is 1.25. The number of hydrogen-bond acceptors (Lipinski definition) is 4. The molecule has 0 saturated carbocycles. The smallest absolute Gasteiger partial charge is 0.204 e. The van der Waals surface area contributed by atoms with Crippen LogP contribution >= 0.6 is 0 Å². The van der Waals surface area contributed by atoms with E-state index in [1.54, 1.807) is 22.7 Å². The van der Waals surface area contributed by atoms with E-state index in [0.717, 1.165) is 12.0 Å². The fourth-order valence-electron chi connectivity index (χ4n) is 1.70. The molecule has 0 atom stereocenters. The molecule has 0 bridgehead atoms. The van der Waals surface area contributed by atoms with E-state index in [4.69, 9.17) is 4.42 Å². The van der Waals surface area contributed by atoms with E-state index in [-0.39, 0.29) is 0 Å². The first-order chi connectivity index (χ1) is 8.28. The van der Waals surface area contributed by atoms with Crippen molar-refractivity contribution < 1.29 is 9.21 Å². The topological polar surface area (TPSA) is 60.4 Å². The Morgan fingerprint density at radius 1 is 1.24 bits per heavy atom. The summed E-state index contributed by atoms with van der Waals surface area (Å²) in [4.78, 5) is 10.7. The highest BCUT2D eigenvalue weighted by molar-refractivity contribution is 5.75. The van der Waals surface area contributed by atoms with Gasteiger partial charge in [-0.3, -0.25) is 9.20 Å². The molecule has 0 radical (unpaired) electrons. The highest BCUT2D eigenvalue weighted by Crippen LogP contribution is 2.20. The average Bonchev–Trinajstić information content (AvgIpc) is 2.93. The highest BCUT2D eigenvalue weighted by Gasteiger charge is 2.11. The first-order valence-corrected chi connectivity index (χ1v) is 5.15. The lowest BCUT2D eigenvalue weighted by atomic mass is 10.3. The number of carbonyl (C=O) groups excluding carboxylic acids is 1. The third kappa shape index (κ3) is 1.52. The number of rotatable bonds is 2. The van der Waals surface area contributed by atoms with Crippen LogP contribution in [-0.4, -0.2) is 20.9 Å². The van der Waals surface area contributed by atoms with E-state index in [1.165, 1.54) is 0 Å². The number of aryl methyl sites for hydroxylation is 1. The predicted octanol–water partition coefficient (Wildman–Crippen LogP) is 2.11. The van der Waals surface area contributed by atoms with Gasteiger partial charge in [-0.05, 0) is 31.2 Å². The lowest BCUT2D eigenvalue weighted by Gasteiger charge is -1.97. The minimum absolute atomic E-state index is 0.571. The van der Waals surface area contributed by atoms with Gasteiger partial charge in [-0.1, -0.05) is 0 Å². The van der Waals surface area contributed by atoms with Gasteiger partial charge in [0.05, 0.1) is 0 Å². The fourth-order valence-corrected chi connectivity index (χ4v) is 1.70. The van der Waals surface area contributed by atoms with Gasteiger partial charge >= 0.3 is 0 Å². The van der Waals surface area contributed by atoms with Crippen LogP contribution in [0, 0.1) is 6.92 Å². The summed E-state index contributed by atoms with van der Waals surface area (Å²) >= 11 is 0. The maximum absolute atomic E-state index is 10.7. The van der Waals surface area contributed by atoms with Gasteiger partial charge in [-0.2, -0.15) is 0 Å². The molecule has 0 amide bonds. The molecule has 3 aromatic rings. The number of furan rings is 1. The van der Waals surface area contributed by atoms with Crippen LogP contribution in [0.15, 0.2) is 34.9 Å². The molecular formula is C12H9N3O2. The van der Waals surface area contributed by atoms with Crippen LogP contribution in [0.3, 0.4) is 0 Å². The molecule has 0 aliphatic carbocycles. The number of nitrogens with zero attached hydrogens (tertiary/aromatic N) is 3. The Morgan fingerprint density at radius 2 is 2.12 bits per heavy atom. The van der Waals surface area contributed by atoms with Gasteiger partial charge in [0, 0.05) is 11.8 Å². The van der Waals surface area contributed by atoms with Gasteiger partial charge in [0.15, 0.2) is 17.7 Å². The lowest BCUT2D eigenvalue weighted by Crippen LogP contribution is -1.91. The Kier molecular flexibility index (Phi) is 2.04. The molecular weight excluding hydrogens is 218 g/mol. The normalized spacial score (nSPS) is 10.9. The zero-order valence-corrected chi connectivity index (χ0v) is 9.12. The first-order valence-electron chi connectivity index (χ1n) is 5.15. The van der Waals surface area contributed by atoms with Gasteiger partial charge in [0.25, 0.3) is 0 Å². The maximum Gasteiger partial charge on any atom is 0.204 e. The van der Waals surface area contributed by atoms with E-state index < -0.39 is 0 Å². The van der Waals surface area contributed by atoms with Gasteiger partial charge in [0.2, 0.25) is 5.82 Å². The number of carbonyl (C=O) groups is 1. The van der Waals surface area contributed by atoms with Gasteiger partial charge in [0.1, 0.15) is 5.76 Å². The molecule has 17 heavy (non-hydrogen) atoms. The average molecular weight is 227 g/mol. The van der Waals surface area contributed by atoms with Crippen molar-refractivity contribution in [1.29, 1.82) is 0 Å². The summed E-state index contributed by atoms with van der Waals surface area (Å²) in [5, 5.41) is 8.07. The number of pyridine rings is 1. The molecule has 84 valence electrons. The van der Waals surface area contributed by atoms with Crippen LogP contribution in [0.4, 0.5) is 0 Å². The number of fused-ring (bicyclic) bond motifs is 1. The molecule has 0 spiro atoms. The molecule has 3 rings (SSSR count). The molecule has 0 N–H and O–H groups in total. The van der Waals surface area contributed by atoms with Crippen molar-refractivity contribution in [3.05, 3.63) is 41.8 Å². The van der Waals surface area contributed by atoms with Crippen LogP contribution in [0.2, 0.25) is 0 Å². The second-order valence-corrected chi connectivity index (χ2v) is 3.74. The summed E-state index contributed by atoms with van der Waals surface area (Å²) < 4.78 is 7.24. The third-order valence-electron chi connectivity index (χ3n) is 2.52. The van der Waals surface area contributed by atoms with Crippen molar-refractivity contribution in [3.8, 4) is 11.6 Å². The molecule has 5 nitrogen and oxygen atoms in total. The summed E-state index contributed by atoms with van der Waals surface area (Å²) in [6.45, 7) is 1.86. The largest absolute Gasteiger partial charge is 0.458 e. The Hall–Kier alpha value is -2.43. The summed E-state index contributed by atoms with van der Waals surface area (Å²) in [5.74, 6) is 2.04. The quantitative estimate of drug-likeness (QED) is 0.629. The number of aldehydes is 1. The van der Waals surface area contributed by atoms with Crippen molar-refractivity contribution in [3.63, 3.8) is 0 Å². The van der Waals surface area contributed by atoms with Crippen molar-refractivity contribution in [2.75, 3.05) is 0 Å². The Balaban J connectivity index is 2.26. The van der Waals surface area contributed by atoms with Crippen LogP contribution in [0.25, 0.3) is 17.2 Å². The van der Waals surface area contributed by atoms with E-state index in [0.29, 0.717) is 22.8 Å². The molecule has 5 heteroatoms. The Labute approximate surface area is 96.7 Å². The molecule has 0 aliphatic heterocycles. The van der Waals surface area contributed by atoms with Gasteiger partial charge < -0.3 is 4.42 Å². The summed E-state index contributed by atoms with van der Waals surface area (Å²) in [6, 6.07) is 7.14. The SMILES string of the molecule is Cc1ccc(-c2nnc3ccc(C=O)cn23)o1. The van der Waals surface area contributed by atoms with Gasteiger partial charge in [-0.25, -0.2) is 0 Å². The Bertz CT molecular complexity index is 697. The van der Waals surface area contributed by atoms with Gasteiger partial charge in [-0.15, -0.1) is 10.2 Å². The summed E-state index contributed by atoms with van der Waals surface area (Å²) in [6.07, 6.45) is 2.48. The number of aromatic nitrogens is 3. The molecule has 0 saturated heterocycles. The molecule has 0 fully saturated rings. The second-order valence-electron chi connectivity index (χ2n) is 3.74. The zero-order valence-electron chi connectivity index (χ0n) is 9.12. The van der Waals surface area contributed by atoms with Crippen molar-refractivity contribution in [2.24, 2.45) is 0 Å². The molecule has 0 aliphatic rings. The van der Waals surface area contributed by atoms with Crippen LogP contribution in [-0.2, 0) is 0 Å². The van der Waals surface area contributed by atoms with Crippen LogP contribution in [0.5, 0.6) is 0 Å². The maximum atomic E-state index is 10.7. The first kappa shape index (κ1) is 9.77. The minimum atomic E-state index is 0.571. The van der Waals surface area contributed by atoms with Crippen LogP contribution < -0.4 is 0 Å². The van der Waals surface area contributed by atoms with Crippen molar-refractivity contribution >= 4 is 11.9 Å².